The van der Waals surface area contributed by atoms with Crippen LogP contribution in [0.4, 0.5) is 0 Å². The molecule has 0 amide bonds. The number of allylic oxidation sites excluding steroid dienone is 1. The second kappa shape index (κ2) is 31.2. The summed E-state index contributed by atoms with van der Waals surface area (Å²) in [5.74, 6) is 0.803. The molecule has 0 heterocycles. The Kier molecular flexibility index (Phi) is 30.8. The minimum absolute atomic E-state index is 0.803. The zero-order chi connectivity index (χ0) is 27.9. The molecule has 0 N–H and O–H groups in total. The van der Waals surface area contributed by atoms with E-state index >= 15 is 0 Å². The molecule has 0 rings (SSSR count). The van der Waals surface area contributed by atoms with Crippen molar-refractivity contribution in [2.75, 3.05) is 53.5 Å². The van der Waals surface area contributed by atoms with E-state index in [1.165, 1.54) is 161 Å². The van der Waals surface area contributed by atoms with Crippen molar-refractivity contribution in [1.82, 2.24) is 9.80 Å². The molecule has 0 bridgehead atoms. The molecule has 0 spiro atoms. The van der Waals surface area contributed by atoms with Crippen LogP contribution in [0.3, 0.4) is 0 Å². The van der Waals surface area contributed by atoms with Crippen LogP contribution in [0, 0.1) is 5.92 Å². The van der Waals surface area contributed by atoms with E-state index in [4.69, 9.17) is 4.74 Å². The largest absolute Gasteiger partial charge is 0.381 e. The first kappa shape index (κ1) is 37.6. The lowest BCUT2D eigenvalue weighted by molar-refractivity contribution is 0.0878. The Morgan fingerprint density at radius 2 is 1.08 bits per heavy atom. The number of ether oxygens (including phenoxy) is 1. The molecule has 0 aromatic carbocycles. The minimum atomic E-state index is 0.803. The quantitative estimate of drug-likeness (QED) is 0.0628. The van der Waals surface area contributed by atoms with E-state index in [9.17, 15) is 0 Å². The maximum atomic E-state index is 6.19. The van der Waals surface area contributed by atoms with Crippen LogP contribution in [0.1, 0.15) is 155 Å². The molecular weight excluding hydrogens is 464 g/mol. The van der Waals surface area contributed by atoms with Gasteiger partial charge in [-0.2, -0.15) is 0 Å². The van der Waals surface area contributed by atoms with Gasteiger partial charge in [-0.05, 0) is 78.0 Å². The Morgan fingerprint density at radius 3 is 1.66 bits per heavy atom. The molecule has 3 nitrogen and oxygen atoms in total. The molecular formula is C35H72N2O. The molecule has 0 aliphatic rings. The fourth-order valence-corrected chi connectivity index (χ4v) is 5.36. The van der Waals surface area contributed by atoms with E-state index in [-0.39, 0.29) is 0 Å². The van der Waals surface area contributed by atoms with Gasteiger partial charge in [0, 0.05) is 26.3 Å². The Morgan fingerprint density at radius 1 is 0.579 bits per heavy atom. The summed E-state index contributed by atoms with van der Waals surface area (Å²) in [6, 6.07) is 0. The molecule has 3 heteroatoms. The Labute approximate surface area is 241 Å². The molecule has 0 aliphatic carbocycles. The molecule has 0 aromatic heterocycles. The van der Waals surface area contributed by atoms with E-state index in [0.717, 1.165) is 25.6 Å². The summed E-state index contributed by atoms with van der Waals surface area (Å²) in [5, 5.41) is 0. The van der Waals surface area contributed by atoms with Gasteiger partial charge in [-0.15, -0.1) is 6.58 Å². The Balaban J connectivity index is 3.83. The van der Waals surface area contributed by atoms with Crippen LogP contribution in [0.15, 0.2) is 12.7 Å². The van der Waals surface area contributed by atoms with Crippen LogP contribution in [0.5, 0.6) is 0 Å². The maximum absolute atomic E-state index is 6.19. The van der Waals surface area contributed by atoms with Gasteiger partial charge in [-0.1, -0.05) is 116 Å². The molecule has 0 saturated heterocycles. The predicted octanol–water partition coefficient (Wildman–Crippen LogP) is 10.3. The molecule has 1 atom stereocenters. The zero-order valence-electron chi connectivity index (χ0n) is 27.0. The van der Waals surface area contributed by atoms with Gasteiger partial charge in [0.15, 0.2) is 0 Å². The normalized spacial score (nSPS) is 12.6. The highest BCUT2D eigenvalue weighted by molar-refractivity contribution is 4.67. The number of hydrogen-bond donors (Lipinski definition) is 0. The van der Waals surface area contributed by atoms with Gasteiger partial charge in [0.2, 0.25) is 0 Å². The summed E-state index contributed by atoms with van der Waals surface area (Å²) in [7, 11) is 4.37. The summed E-state index contributed by atoms with van der Waals surface area (Å²) < 4.78 is 6.19. The van der Waals surface area contributed by atoms with Crippen molar-refractivity contribution in [2.24, 2.45) is 5.92 Å². The lowest BCUT2D eigenvalue weighted by Gasteiger charge is -2.24. The first-order valence-corrected chi connectivity index (χ1v) is 17.2. The molecule has 38 heavy (non-hydrogen) atoms. The Bertz CT molecular complexity index is 453. The summed E-state index contributed by atoms with van der Waals surface area (Å²) in [6.45, 7) is 15.4. The van der Waals surface area contributed by atoms with Crippen LogP contribution in [-0.4, -0.2) is 63.3 Å². The van der Waals surface area contributed by atoms with Crippen LogP contribution in [0.2, 0.25) is 0 Å². The van der Waals surface area contributed by atoms with Gasteiger partial charge < -0.3 is 14.5 Å². The summed E-state index contributed by atoms with van der Waals surface area (Å²) >= 11 is 0. The number of hydrogen-bond acceptors (Lipinski definition) is 3. The van der Waals surface area contributed by atoms with Crippen molar-refractivity contribution in [2.45, 2.75) is 155 Å². The van der Waals surface area contributed by atoms with Crippen LogP contribution >= 0.6 is 0 Å². The molecule has 228 valence electrons. The molecule has 1 unspecified atom stereocenters. The zero-order valence-corrected chi connectivity index (χ0v) is 27.0. The molecule has 0 saturated carbocycles. The van der Waals surface area contributed by atoms with Gasteiger partial charge in [0.25, 0.3) is 0 Å². The predicted molar refractivity (Wildman–Crippen MR) is 172 cm³/mol. The first-order chi connectivity index (χ1) is 18.6. The van der Waals surface area contributed by atoms with Crippen LogP contribution in [-0.2, 0) is 4.74 Å². The second-order valence-corrected chi connectivity index (χ2v) is 12.3. The number of rotatable bonds is 32. The molecule has 0 aromatic rings. The summed E-state index contributed by atoms with van der Waals surface area (Å²) in [4.78, 5) is 4.99. The van der Waals surface area contributed by atoms with Crippen molar-refractivity contribution in [3.05, 3.63) is 12.7 Å². The van der Waals surface area contributed by atoms with Crippen molar-refractivity contribution in [3.8, 4) is 0 Å². The van der Waals surface area contributed by atoms with Gasteiger partial charge in [0.05, 0.1) is 0 Å². The van der Waals surface area contributed by atoms with E-state index in [1.54, 1.807) is 0 Å². The smallest absolute Gasteiger partial charge is 0.0494 e. The standard InChI is InChI=1S/C35H72N2O/c1-6-9-12-15-19-23-28-35(27-22-13-10-7-2)34-38-33-26-21-18-16-17-20-25-30-37(32-31-36(4)5)29-24-14-11-8-3/h8,35H,3,6-7,9-34H2,1-2,4-5H3. The van der Waals surface area contributed by atoms with Crippen LogP contribution < -0.4 is 0 Å². The Hall–Kier alpha value is -0.380. The minimum Gasteiger partial charge on any atom is -0.381 e. The van der Waals surface area contributed by atoms with Gasteiger partial charge in [-0.25, -0.2) is 0 Å². The highest BCUT2D eigenvalue weighted by atomic mass is 16.5. The van der Waals surface area contributed by atoms with Crippen molar-refractivity contribution >= 4 is 0 Å². The van der Waals surface area contributed by atoms with E-state index in [0.29, 0.717) is 0 Å². The first-order valence-electron chi connectivity index (χ1n) is 17.2. The lowest BCUT2D eigenvalue weighted by Crippen LogP contribution is -2.33. The fraction of sp³-hybridized carbons (Fsp3) is 0.943. The average Bonchev–Trinajstić information content (AvgIpc) is 2.91. The third kappa shape index (κ3) is 28.6. The highest BCUT2D eigenvalue weighted by Crippen LogP contribution is 2.20. The van der Waals surface area contributed by atoms with E-state index < -0.39 is 0 Å². The summed E-state index contributed by atoms with van der Waals surface area (Å²) in [6.07, 6.45) is 32.1. The molecule has 0 fully saturated rings. The topological polar surface area (TPSA) is 15.7 Å². The highest BCUT2D eigenvalue weighted by Gasteiger charge is 2.09. The number of likely N-dealkylation sites (N-methyl/N-ethyl adjacent to an activating group) is 1. The third-order valence-corrected chi connectivity index (χ3v) is 8.04. The maximum Gasteiger partial charge on any atom is 0.0494 e. The number of nitrogens with zero attached hydrogens (tertiary/aromatic N) is 2. The molecule has 0 radical (unpaired) electrons. The van der Waals surface area contributed by atoms with E-state index in [1.807, 2.05) is 0 Å². The third-order valence-electron chi connectivity index (χ3n) is 8.04. The van der Waals surface area contributed by atoms with Crippen LogP contribution in [0.25, 0.3) is 0 Å². The average molecular weight is 537 g/mol. The van der Waals surface area contributed by atoms with Gasteiger partial charge >= 0.3 is 0 Å². The molecule has 0 aliphatic heterocycles. The number of unbranched alkanes of at least 4 members (excludes halogenated alkanes) is 16. The monoisotopic (exact) mass is 537 g/mol. The second-order valence-electron chi connectivity index (χ2n) is 12.3. The van der Waals surface area contributed by atoms with Gasteiger partial charge in [-0.3, -0.25) is 0 Å². The summed E-state index contributed by atoms with van der Waals surface area (Å²) in [5.41, 5.74) is 0. The van der Waals surface area contributed by atoms with Crippen molar-refractivity contribution in [3.63, 3.8) is 0 Å². The lowest BCUT2D eigenvalue weighted by atomic mass is 9.95. The SMILES string of the molecule is C=CCCCCN(CCCCCCCCCOCC(CCCCCC)CCCCCCCC)CCN(C)C. The fourth-order valence-electron chi connectivity index (χ4n) is 5.36. The van der Waals surface area contributed by atoms with E-state index in [2.05, 4.69) is 50.4 Å². The van der Waals surface area contributed by atoms with Crippen molar-refractivity contribution in [1.29, 1.82) is 0 Å². The van der Waals surface area contributed by atoms with Gasteiger partial charge in [0.1, 0.15) is 0 Å². The van der Waals surface area contributed by atoms with Crippen molar-refractivity contribution < 1.29 is 4.74 Å².